The van der Waals surface area contributed by atoms with Gasteiger partial charge in [-0.25, -0.2) is 4.98 Å². The first kappa shape index (κ1) is 23.6. The second-order valence-corrected chi connectivity index (χ2v) is 9.09. The van der Waals surface area contributed by atoms with Gasteiger partial charge in [0, 0.05) is 24.0 Å². The lowest BCUT2D eigenvalue weighted by Crippen LogP contribution is -2.30. The Morgan fingerprint density at radius 1 is 1.00 bits per heavy atom. The van der Waals surface area contributed by atoms with Crippen molar-refractivity contribution in [3.8, 4) is 5.69 Å². The molecule has 0 spiro atoms. The molecule has 0 fully saturated rings. The number of hydrogen-bond donors (Lipinski definition) is 1. The fourth-order valence-electron chi connectivity index (χ4n) is 3.92. The number of para-hydroxylation sites is 2. The lowest BCUT2D eigenvalue weighted by Gasteiger charge is -2.27. The third-order valence-corrected chi connectivity index (χ3v) is 6.48. The summed E-state index contributed by atoms with van der Waals surface area (Å²) in [7, 11) is 0. The van der Waals surface area contributed by atoms with Crippen LogP contribution >= 0.6 is 11.8 Å². The highest BCUT2D eigenvalue weighted by molar-refractivity contribution is 7.99. The zero-order valence-electron chi connectivity index (χ0n) is 19.6. The zero-order chi connectivity index (χ0) is 24.1. The van der Waals surface area contributed by atoms with E-state index in [4.69, 9.17) is 0 Å². The van der Waals surface area contributed by atoms with E-state index in [9.17, 15) is 9.59 Å². The maximum atomic E-state index is 13.3. The first-order valence-electron chi connectivity index (χ1n) is 11.3. The largest absolute Gasteiger partial charge is 0.369 e. The molecule has 1 amide bonds. The fourth-order valence-corrected chi connectivity index (χ4v) is 4.74. The third-order valence-electron chi connectivity index (χ3n) is 5.54. The number of carbonyl (C=O) groups is 1. The summed E-state index contributed by atoms with van der Waals surface area (Å²) in [6.07, 6.45) is 0. The van der Waals surface area contributed by atoms with Crippen LogP contribution in [0.15, 0.2) is 88.8 Å². The molecule has 0 bridgehead atoms. The molecule has 0 unspecified atom stereocenters. The summed E-state index contributed by atoms with van der Waals surface area (Å²) in [6, 6.07) is 24.9. The first-order valence-corrected chi connectivity index (χ1v) is 12.3. The molecule has 1 N–H and O–H groups in total. The lowest BCUT2D eigenvalue weighted by molar-refractivity contribution is -0.113. The van der Waals surface area contributed by atoms with Crippen LogP contribution in [-0.4, -0.2) is 33.8 Å². The molecule has 0 saturated carbocycles. The summed E-state index contributed by atoms with van der Waals surface area (Å²) < 4.78 is 1.57. The predicted octanol–water partition coefficient (Wildman–Crippen LogP) is 5.35. The van der Waals surface area contributed by atoms with Crippen LogP contribution in [0.1, 0.15) is 20.8 Å². The van der Waals surface area contributed by atoms with Crippen molar-refractivity contribution in [2.45, 2.75) is 32.0 Å². The van der Waals surface area contributed by atoms with Crippen molar-refractivity contribution in [1.82, 2.24) is 9.55 Å². The smallest absolute Gasteiger partial charge is 0.266 e. The number of fused-ring (bicyclic) bond motifs is 1. The van der Waals surface area contributed by atoms with Crippen LogP contribution in [0.3, 0.4) is 0 Å². The SMILES string of the molecule is CCN(c1ccc(NC(=O)CSc2nc3ccccc3c(=O)n2-c2ccccc2)cc1)C(C)C. The Bertz CT molecular complexity index is 1330. The van der Waals surface area contributed by atoms with Crippen LogP contribution in [0.2, 0.25) is 0 Å². The van der Waals surface area contributed by atoms with Gasteiger partial charge in [0.15, 0.2) is 5.16 Å². The van der Waals surface area contributed by atoms with Gasteiger partial charge in [-0.05, 0) is 69.3 Å². The standard InChI is InChI=1S/C27H28N4O2S/c1-4-30(19(2)3)21-16-14-20(15-17-21)28-25(32)18-34-27-29-24-13-9-8-12-23(24)26(33)31(27)22-10-6-5-7-11-22/h5-17,19H,4,18H2,1-3H3,(H,28,32). The molecule has 4 aromatic rings. The van der Waals surface area contributed by atoms with Crippen LogP contribution in [0, 0.1) is 0 Å². The molecule has 1 aromatic heterocycles. The molecular weight excluding hydrogens is 444 g/mol. The fraction of sp³-hybridized carbons (Fsp3) is 0.222. The molecule has 0 atom stereocenters. The molecule has 4 rings (SSSR count). The van der Waals surface area contributed by atoms with Gasteiger partial charge in [0.25, 0.3) is 5.56 Å². The van der Waals surface area contributed by atoms with Crippen LogP contribution in [0.4, 0.5) is 11.4 Å². The van der Waals surface area contributed by atoms with E-state index in [0.717, 1.165) is 23.6 Å². The summed E-state index contributed by atoms with van der Waals surface area (Å²) >= 11 is 1.25. The van der Waals surface area contributed by atoms with Crippen LogP contribution in [0.5, 0.6) is 0 Å². The van der Waals surface area contributed by atoms with E-state index in [2.05, 4.69) is 36.0 Å². The number of rotatable bonds is 8. The van der Waals surface area contributed by atoms with E-state index in [0.29, 0.717) is 22.1 Å². The third kappa shape index (κ3) is 5.15. The number of hydrogen-bond acceptors (Lipinski definition) is 5. The maximum absolute atomic E-state index is 13.3. The number of amides is 1. The summed E-state index contributed by atoms with van der Waals surface area (Å²) in [6.45, 7) is 7.36. The number of carbonyl (C=O) groups excluding carboxylic acids is 1. The highest BCUT2D eigenvalue weighted by Crippen LogP contribution is 2.23. The van der Waals surface area contributed by atoms with Gasteiger partial charge < -0.3 is 10.2 Å². The molecule has 1 heterocycles. The highest BCUT2D eigenvalue weighted by Gasteiger charge is 2.15. The van der Waals surface area contributed by atoms with Crippen molar-refractivity contribution in [2.75, 3.05) is 22.5 Å². The average molecular weight is 473 g/mol. The molecular formula is C27H28N4O2S. The minimum absolute atomic E-state index is 0.131. The normalized spacial score (nSPS) is 11.1. The molecule has 0 saturated heterocycles. The minimum atomic E-state index is -0.157. The second kappa shape index (κ2) is 10.6. The van der Waals surface area contributed by atoms with Crippen molar-refractivity contribution in [2.24, 2.45) is 0 Å². The van der Waals surface area contributed by atoms with E-state index >= 15 is 0 Å². The molecule has 6 nitrogen and oxygen atoms in total. The molecule has 174 valence electrons. The second-order valence-electron chi connectivity index (χ2n) is 8.15. The van der Waals surface area contributed by atoms with Crippen LogP contribution in [-0.2, 0) is 4.79 Å². The molecule has 0 aliphatic heterocycles. The molecule has 3 aromatic carbocycles. The van der Waals surface area contributed by atoms with E-state index in [1.807, 2.05) is 72.8 Å². The molecule has 0 aliphatic carbocycles. The van der Waals surface area contributed by atoms with E-state index in [-0.39, 0.29) is 17.2 Å². The highest BCUT2D eigenvalue weighted by atomic mass is 32.2. The van der Waals surface area contributed by atoms with Crippen LogP contribution < -0.4 is 15.8 Å². The number of nitrogens with one attached hydrogen (secondary N) is 1. The van der Waals surface area contributed by atoms with Gasteiger partial charge in [-0.3, -0.25) is 14.2 Å². The Balaban J connectivity index is 1.53. The van der Waals surface area contributed by atoms with Crippen molar-refractivity contribution in [1.29, 1.82) is 0 Å². The molecule has 0 radical (unpaired) electrons. The van der Waals surface area contributed by atoms with Crippen molar-refractivity contribution < 1.29 is 4.79 Å². The quantitative estimate of drug-likeness (QED) is 0.277. The number of anilines is 2. The number of thioether (sulfide) groups is 1. The number of benzene rings is 3. The van der Waals surface area contributed by atoms with Gasteiger partial charge in [-0.1, -0.05) is 42.1 Å². The maximum Gasteiger partial charge on any atom is 0.266 e. The van der Waals surface area contributed by atoms with Gasteiger partial charge in [-0.2, -0.15) is 0 Å². The Labute approximate surface area is 203 Å². The van der Waals surface area contributed by atoms with E-state index in [1.54, 1.807) is 10.6 Å². The summed E-state index contributed by atoms with van der Waals surface area (Å²) in [4.78, 5) is 32.9. The van der Waals surface area contributed by atoms with Crippen LogP contribution in [0.25, 0.3) is 16.6 Å². The average Bonchev–Trinajstić information content (AvgIpc) is 2.85. The van der Waals surface area contributed by atoms with Crippen molar-refractivity contribution >= 4 is 39.9 Å². The predicted molar refractivity (Wildman–Crippen MR) is 141 cm³/mol. The van der Waals surface area contributed by atoms with Gasteiger partial charge >= 0.3 is 0 Å². The summed E-state index contributed by atoms with van der Waals surface area (Å²) in [5, 5.41) is 3.97. The van der Waals surface area contributed by atoms with E-state index in [1.165, 1.54) is 11.8 Å². The molecule has 7 heteroatoms. The minimum Gasteiger partial charge on any atom is -0.369 e. The van der Waals surface area contributed by atoms with Gasteiger partial charge in [-0.15, -0.1) is 0 Å². The Kier molecular flexibility index (Phi) is 7.33. The first-order chi connectivity index (χ1) is 16.5. The topological polar surface area (TPSA) is 67.2 Å². The van der Waals surface area contributed by atoms with Gasteiger partial charge in [0.2, 0.25) is 5.91 Å². The molecule has 0 aliphatic rings. The monoisotopic (exact) mass is 472 g/mol. The molecule has 34 heavy (non-hydrogen) atoms. The summed E-state index contributed by atoms with van der Waals surface area (Å²) in [5.74, 6) is -0.0251. The van der Waals surface area contributed by atoms with Gasteiger partial charge in [0.05, 0.1) is 22.3 Å². The van der Waals surface area contributed by atoms with E-state index < -0.39 is 0 Å². The van der Waals surface area contributed by atoms with Gasteiger partial charge in [0.1, 0.15) is 0 Å². The number of nitrogens with zero attached hydrogens (tertiary/aromatic N) is 3. The number of aromatic nitrogens is 2. The zero-order valence-corrected chi connectivity index (χ0v) is 20.4. The summed E-state index contributed by atoms with van der Waals surface area (Å²) in [5.41, 5.74) is 3.04. The Morgan fingerprint density at radius 3 is 2.35 bits per heavy atom. The Hall–Kier alpha value is -3.58. The van der Waals surface area contributed by atoms with Crippen molar-refractivity contribution in [3.63, 3.8) is 0 Å². The lowest BCUT2D eigenvalue weighted by atomic mass is 10.2. The Morgan fingerprint density at radius 2 is 1.68 bits per heavy atom. The van der Waals surface area contributed by atoms with Crippen molar-refractivity contribution in [3.05, 3.63) is 89.2 Å².